The zero-order valence-corrected chi connectivity index (χ0v) is 12.8. The molecule has 5 heteroatoms. The van der Waals surface area contributed by atoms with Crippen LogP contribution in [0.5, 0.6) is 0 Å². The third kappa shape index (κ3) is 2.34. The lowest BCUT2D eigenvalue weighted by Gasteiger charge is -2.13. The molecule has 0 amide bonds. The highest BCUT2D eigenvalue weighted by atomic mass is 15.3. The summed E-state index contributed by atoms with van der Waals surface area (Å²) in [6.07, 6.45) is 1.94. The van der Waals surface area contributed by atoms with Crippen molar-refractivity contribution in [2.75, 3.05) is 23.9 Å². The fraction of sp³-hybridized carbons (Fsp3) is 0.375. The highest BCUT2D eigenvalue weighted by Gasteiger charge is 2.17. The molecule has 1 aliphatic heterocycles. The molecule has 0 radical (unpaired) electrons. The first kappa shape index (κ1) is 13.8. The smallest absolute Gasteiger partial charge is 0.161 e. The minimum atomic E-state index is 0.720. The minimum Gasteiger partial charge on any atom is -0.374 e. The van der Waals surface area contributed by atoms with E-state index in [0.29, 0.717) is 0 Å². The van der Waals surface area contributed by atoms with Gasteiger partial charge in [0, 0.05) is 36.1 Å². The second kappa shape index (κ2) is 5.33. The van der Waals surface area contributed by atoms with Gasteiger partial charge in [0.1, 0.15) is 5.82 Å². The third-order valence-corrected chi connectivity index (χ3v) is 4.17. The van der Waals surface area contributed by atoms with Gasteiger partial charge in [0.05, 0.1) is 0 Å². The molecule has 2 heterocycles. The van der Waals surface area contributed by atoms with Crippen molar-refractivity contribution in [2.45, 2.75) is 26.7 Å². The highest BCUT2D eigenvalue weighted by Crippen LogP contribution is 2.31. The summed E-state index contributed by atoms with van der Waals surface area (Å²) in [5.74, 6) is 7.06. The number of hydrogen-bond donors (Lipinski definition) is 2. The number of benzene rings is 1. The van der Waals surface area contributed by atoms with Crippen LogP contribution in [0.1, 0.15) is 23.7 Å². The van der Waals surface area contributed by atoms with E-state index in [1.54, 1.807) is 0 Å². The minimum absolute atomic E-state index is 0.720. The third-order valence-electron chi connectivity index (χ3n) is 4.17. The topological polar surface area (TPSA) is 67.1 Å². The predicted molar refractivity (Wildman–Crippen MR) is 86.4 cm³/mol. The number of aryl methyl sites for hydroxylation is 1. The van der Waals surface area contributed by atoms with Crippen LogP contribution in [0, 0.1) is 6.92 Å². The summed E-state index contributed by atoms with van der Waals surface area (Å²) in [6, 6.07) is 6.43. The zero-order chi connectivity index (χ0) is 15.0. The molecule has 21 heavy (non-hydrogen) atoms. The molecule has 0 unspecified atom stereocenters. The van der Waals surface area contributed by atoms with Gasteiger partial charge in [-0.25, -0.2) is 15.8 Å². The largest absolute Gasteiger partial charge is 0.374 e. The Morgan fingerprint density at radius 1 is 1.33 bits per heavy atom. The monoisotopic (exact) mass is 283 g/mol. The van der Waals surface area contributed by atoms with Gasteiger partial charge in [-0.15, -0.1) is 0 Å². The van der Waals surface area contributed by atoms with E-state index in [9.17, 15) is 0 Å². The van der Waals surface area contributed by atoms with Gasteiger partial charge in [0.15, 0.2) is 5.82 Å². The SMILES string of the molecule is CCc1c(C)nc(-c2ccc3c(c2)CCN3C)nc1NN. The number of nitrogen functional groups attached to an aromatic ring is 1. The Labute approximate surface area is 125 Å². The van der Waals surface area contributed by atoms with Gasteiger partial charge in [0.25, 0.3) is 0 Å². The fourth-order valence-corrected chi connectivity index (χ4v) is 2.97. The number of nitrogens with one attached hydrogen (secondary N) is 1. The lowest BCUT2D eigenvalue weighted by Crippen LogP contribution is -2.13. The molecule has 5 nitrogen and oxygen atoms in total. The molecular formula is C16H21N5. The van der Waals surface area contributed by atoms with Crippen molar-refractivity contribution in [3.8, 4) is 11.4 Å². The molecule has 3 rings (SSSR count). The molecule has 0 spiro atoms. The van der Waals surface area contributed by atoms with Crippen molar-refractivity contribution in [3.05, 3.63) is 35.0 Å². The Kier molecular flexibility index (Phi) is 3.51. The average molecular weight is 283 g/mol. The van der Waals surface area contributed by atoms with Crippen LogP contribution in [0.3, 0.4) is 0 Å². The second-order valence-electron chi connectivity index (χ2n) is 5.47. The van der Waals surface area contributed by atoms with Crippen molar-refractivity contribution in [1.82, 2.24) is 9.97 Å². The average Bonchev–Trinajstić information content (AvgIpc) is 2.87. The molecule has 0 saturated heterocycles. The zero-order valence-electron chi connectivity index (χ0n) is 12.8. The van der Waals surface area contributed by atoms with Crippen LogP contribution in [-0.2, 0) is 12.8 Å². The summed E-state index contributed by atoms with van der Waals surface area (Å²) in [5.41, 5.74) is 8.46. The van der Waals surface area contributed by atoms with Crippen molar-refractivity contribution < 1.29 is 0 Å². The summed E-state index contributed by atoms with van der Waals surface area (Å²) >= 11 is 0. The van der Waals surface area contributed by atoms with E-state index >= 15 is 0 Å². The van der Waals surface area contributed by atoms with Gasteiger partial charge in [-0.3, -0.25) is 0 Å². The molecule has 0 fully saturated rings. The van der Waals surface area contributed by atoms with E-state index in [4.69, 9.17) is 5.84 Å². The van der Waals surface area contributed by atoms with E-state index in [1.807, 2.05) is 6.92 Å². The molecule has 0 aliphatic carbocycles. The van der Waals surface area contributed by atoms with E-state index < -0.39 is 0 Å². The number of hydrogen-bond acceptors (Lipinski definition) is 5. The van der Waals surface area contributed by atoms with E-state index in [-0.39, 0.29) is 0 Å². The van der Waals surface area contributed by atoms with Crippen LogP contribution in [0.2, 0.25) is 0 Å². The molecule has 0 bridgehead atoms. The molecule has 2 aromatic rings. The number of nitrogens with zero attached hydrogens (tertiary/aromatic N) is 3. The first-order valence-electron chi connectivity index (χ1n) is 7.32. The number of nitrogens with two attached hydrogens (primary N) is 1. The van der Waals surface area contributed by atoms with Crippen molar-refractivity contribution >= 4 is 11.5 Å². The Bertz CT molecular complexity index is 681. The highest BCUT2D eigenvalue weighted by molar-refractivity contribution is 5.68. The quantitative estimate of drug-likeness (QED) is 0.668. The summed E-state index contributed by atoms with van der Waals surface area (Å²) in [5, 5.41) is 0. The van der Waals surface area contributed by atoms with Gasteiger partial charge in [0.2, 0.25) is 0 Å². The van der Waals surface area contributed by atoms with Gasteiger partial charge in [-0.1, -0.05) is 6.92 Å². The van der Waals surface area contributed by atoms with Crippen molar-refractivity contribution in [1.29, 1.82) is 0 Å². The number of anilines is 2. The summed E-state index contributed by atoms with van der Waals surface area (Å²) in [4.78, 5) is 11.5. The van der Waals surface area contributed by atoms with Crippen molar-refractivity contribution in [3.63, 3.8) is 0 Å². The number of hydrazine groups is 1. The van der Waals surface area contributed by atoms with Gasteiger partial charge in [-0.05, 0) is 43.5 Å². The summed E-state index contributed by atoms with van der Waals surface area (Å²) < 4.78 is 0. The van der Waals surface area contributed by atoms with Crippen LogP contribution < -0.4 is 16.2 Å². The Hall–Kier alpha value is -2.14. The lowest BCUT2D eigenvalue weighted by atomic mass is 10.1. The molecule has 1 aromatic carbocycles. The summed E-state index contributed by atoms with van der Waals surface area (Å²) in [7, 11) is 2.12. The van der Waals surface area contributed by atoms with Gasteiger partial charge < -0.3 is 10.3 Å². The normalized spacial score (nSPS) is 13.4. The van der Waals surface area contributed by atoms with Crippen LogP contribution >= 0.6 is 0 Å². The number of rotatable bonds is 3. The Morgan fingerprint density at radius 2 is 2.14 bits per heavy atom. The van der Waals surface area contributed by atoms with Crippen molar-refractivity contribution in [2.24, 2.45) is 5.84 Å². The van der Waals surface area contributed by atoms with Crippen LogP contribution in [0.15, 0.2) is 18.2 Å². The molecule has 0 atom stereocenters. The predicted octanol–water partition coefficient (Wildman–Crippen LogP) is 2.29. The number of likely N-dealkylation sites (N-methyl/N-ethyl adjacent to an activating group) is 1. The number of aromatic nitrogens is 2. The molecule has 110 valence electrons. The Balaban J connectivity index is 2.07. The second-order valence-corrected chi connectivity index (χ2v) is 5.47. The first-order valence-corrected chi connectivity index (χ1v) is 7.32. The lowest BCUT2D eigenvalue weighted by molar-refractivity contribution is 0.956. The summed E-state index contributed by atoms with van der Waals surface area (Å²) in [6.45, 7) is 5.16. The molecular weight excluding hydrogens is 262 g/mol. The Morgan fingerprint density at radius 3 is 2.86 bits per heavy atom. The van der Waals surface area contributed by atoms with E-state index in [2.05, 4.69) is 52.5 Å². The molecule has 3 N–H and O–H groups in total. The standard InChI is InChI=1S/C16H21N5/c1-4-13-10(2)18-15(19-16(13)20-17)12-5-6-14-11(9-12)7-8-21(14)3/h5-6,9H,4,7-8,17H2,1-3H3,(H,18,19,20). The fourth-order valence-electron chi connectivity index (χ4n) is 2.97. The van der Waals surface area contributed by atoms with Crippen LogP contribution in [0.4, 0.5) is 11.5 Å². The maximum absolute atomic E-state index is 5.60. The maximum Gasteiger partial charge on any atom is 0.161 e. The van der Waals surface area contributed by atoms with E-state index in [0.717, 1.165) is 47.8 Å². The van der Waals surface area contributed by atoms with Gasteiger partial charge >= 0.3 is 0 Å². The van der Waals surface area contributed by atoms with Crippen LogP contribution in [-0.4, -0.2) is 23.6 Å². The molecule has 1 aromatic heterocycles. The first-order chi connectivity index (χ1) is 10.1. The number of fused-ring (bicyclic) bond motifs is 1. The molecule has 1 aliphatic rings. The maximum atomic E-state index is 5.60. The van der Waals surface area contributed by atoms with Gasteiger partial charge in [-0.2, -0.15) is 0 Å². The molecule has 0 saturated carbocycles. The van der Waals surface area contributed by atoms with E-state index in [1.165, 1.54) is 11.3 Å². The van der Waals surface area contributed by atoms with Crippen LogP contribution in [0.25, 0.3) is 11.4 Å².